The summed E-state index contributed by atoms with van der Waals surface area (Å²) in [6.07, 6.45) is 1.29. The number of nitrogens with zero attached hydrogens (tertiary/aromatic N) is 3. The number of pyridine rings is 1. The zero-order chi connectivity index (χ0) is 11.5. The van der Waals surface area contributed by atoms with E-state index in [2.05, 4.69) is 25.5 Å². The van der Waals surface area contributed by atoms with E-state index in [1.54, 1.807) is 0 Å². The predicted molar refractivity (Wildman–Crippen MR) is 58.0 cm³/mol. The summed E-state index contributed by atoms with van der Waals surface area (Å²) in [6.45, 7) is 3.73. The lowest BCUT2D eigenvalue weighted by atomic mass is 10.2. The Hall–Kier alpha value is -2.24. The Morgan fingerprint density at radius 3 is 2.81 bits per heavy atom. The first-order chi connectivity index (χ1) is 7.66. The van der Waals surface area contributed by atoms with Crippen LogP contribution < -0.4 is 5.32 Å². The maximum Gasteiger partial charge on any atom is 0.293 e. The minimum absolute atomic E-state index is 0.181. The maximum atomic E-state index is 11.6. The summed E-state index contributed by atoms with van der Waals surface area (Å²) in [4.78, 5) is 19.6. The lowest BCUT2D eigenvalue weighted by molar-refractivity contribution is 0.101. The first-order valence-electron chi connectivity index (χ1n) is 4.78. The van der Waals surface area contributed by atoms with Crippen LogP contribution in [0.15, 0.2) is 18.5 Å². The van der Waals surface area contributed by atoms with Gasteiger partial charge in [0.2, 0.25) is 5.82 Å². The molecule has 2 rings (SSSR count). The van der Waals surface area contributed by atoms with E-state index in [9.17, 15) is 4.79 Å². The van der Waals surface area contributed by atoms with Gasteiger partial charge in [0, 0.05) is 5.69 Å². The van der Waals surface area contributed by atoms with E-state index in [-0.39, 0.29) is 11.7 Å². The Labute approximate surface area is 92.1 Å². The topological polar surface area (TPSA) is 83.6 Å². The molecule has 2 aromatic heterocycles. The lowest BCUT2D eigenvalue weighted by Gasteiger charge is -2.06. The fraction of sp³-hybridized carbons (Fsp3) is 0.200. The van der Waals surface area contributed by atoms with Gasteiger partial charge in [-0.25, -0.2) is 4.98 Å². The fourth-order valence-corrected chi connectivity index (χ4v) is 1.32. The Kier molecular flexibility index (Phi) is 2.63. The molecular weight excluding hydrogens is 206 g/mol. The van der Waals surface area contributed by atoms with E-state index >= 15 is 0 Å². The molecule has 0 aromatic carbocycles. The summed E-state index contributed by atoms with van der Waals surface area (Å²) in [7, 11) is 0. The largest absolute Gasteiger partial charge is 0.318 e. The predicted octanol–water partition coefficient (Wildman–Crippen LogP) is 1.07. The molecule has 0 saturated carbocycles. The Morgan fingerprint density at radius 1 is 1.38 bits per heavy atom. The summed E-state index contributed by atoms with van der Waals surface area (Å²) in [6, 6.07) is 3.65. The number of aromatic nitrogens is 4. The van der Waals surface area contributed by atoms with Crippen LogP contribution in [0, 0.1) is 13.8 Å². The molecule has 0 atom stereocenters. The highest BCUT2D eigenvalue weighted by Crippen LogP contribution is 2.12. The maximum absolute atomic E-state index is 11.6. The molecule has 0 radical (unpaired) electrons. The van der Waals surface area contributed by atoms with Gasteiger partial charge >= 0.3 is 0 Å². The molecule has 0 fully saturated rings. The van der Waals surface area contributed by atoms with Crippen LogP contribution in [0.25, 0.3) is 0 Å². The van der Waals surface area contributed by atoms with Gasteiger partial charge in [-0.3, -0.25) is 14.9 Å². The molecule has 16 heavy (non-hydrogen) atoms. The molecular formula is C10H11N5O. The van der Waals surface area contributed by atoms with Crippen molar-refractivity contribution >= 4 is 11.6 Å². The van der Waals surface area contributed by atoms with Crippen LogP contribution in [-0.2, 0) is 0 Å². The van der Waals surface area contributed by atoms with Crippen molar-refractivity contribution in [2.75, 3.05) is 5.32 Å². The summed E-state index contributed by atoms with van der Waals surface area (Å²) in [5, 5.41) is 8.81. The van der Waals surface area contributed by atoms with E-state index in [4.69, 9.17) is 0 Å². The molecule has 6 heteroatoms. The number of aromatic amines is 1. The SMILES string of the molecule is Cc1ccc(NC(=O)c2ncn[nH]2)c(C)n1. The number of aryl methyl sites for hydroxylation is 2. The molecule has 0 aliphatic carbocycles. The molecule has 2 N–H and O–H groups in total. The highest BCUT2D eigenvalue weighted by molar-refractivity contribution is 6.01. The van der Waals surface area contributed by atoms with Gasteiger partial charge in [0.05, 0.1) is 11.4 Å². The van der Waals surface area contributed by atoms with Crippen LogP contribution in [0.5, 0.6) is 0 Å². The quantitative estimate of drug-likeness (QED) is 0.788. The Bertz CT molecular complexity index is 506. The minimum Gasteiger partial charge on any atom is -0.318 e. The number of carbonyl (C=O) groups is 1. The number of hydrogen-bond acceptors (Lipinski definition) is 4. The number of rotatable bonds is 2. The number of amides is 1. The third-order valence-corrected chi connectivity index (χ3v) is 2.10. The Balaban J connectivity index is 2.18. The van der Waals surface area contributed by atoms with E-state index in [0.29, 0.717) is 5.69 Å². The van der Waals surface area contributed by atoms with Gasteiger partial charge < -0.3 is 5.32 Å². The zero-order valence-corrected chi connectivity index (χ0v) is 8.98. The summed E-state index contributed by atoms with van der Waals surface area (Å²) in [5.74, 6) is -0.147. The molecule has 82 valence electrons. The van der Waals surface area contributed by atoms with Crippen molar-refractivity contribution in [3.8, 4) is 0 Å². The number of H-pyrrole nitrogens is 1. The molecule has 1 amide bonds. The second-order valence-corrected chi connectivity index (χ2v) is 3.37. The highest BCUT2D eigenvalue weighted by Gasteiger charge is 2.10. The van der Waals surface area contributed by atoms with Crippen molar-refractivity contribution in [2.45, 2.75) is 13.8 Å². The molecule has 0 aliphatic rings. The minimum atomic E-state index is -0.328. The van der Waals surface area contributed by atoms with Crippen molar-refractivity contribution < 1.29 is 4.79 Å². The molecule has 0 bridgehead atoms. The van der Waals surface area contributed by atoms with Gasteiger partial charge in [-0.2, -0.15) is 5.10 Å². The van der Waals surface area contributed by atoms with Crippen molar-refractivity contribution in [1.82, 2.24) is 20.2 Å². The zero-order valence-electron chi connectivity index (χ0n) is 8.98. The molecule has 0 spiro atoms. The normalized spacial score (nSPS) is 10.1. The molecule has 0 aliphatic heterocycles. The fourth-order valence-electron chi connectivity index (χ4n) is 1.32. The van der Waals surface area contributed by atoms with Crippen LogP contribution in [0.2, 0.25) is 0 Å². The second-order valence-electron chi connectivity index (χ2n) is 3.37. The number of anilines is 1. The van der Waals surface area contributed by atoms with Crippen molar-refractivity contribution in [1.29, 1.82) is 0 Å². The average molecular weight is 217 g/mol. The van der Waals surface area contributed by atoms with Crippen LogP contribution in [-0.4, -0.2) is 26.1 Å². The van der Waals surface area contributed by atoms with Crippen LogP contribution in [0.1, 0.15) is 22.0 Å². The summed E-state index contributed by atoms with van der Waals surface area (Å²) < 4.78 is 0. The van der Waals surface area contributed by atoms with E-state index in [1.165, 1.54) is 6.33 Å². The summed E-state index contributed by atoms with van der Waals surface area (Å²) >= 11 is 0. The smallest absolute Gasteiger partial charge is 0.293 e. The molecule has 6 nitrogen and oxygen atoms in total. The summed E-state index contributed by atoms with van der Waals surface area (Å²) in [5.41, 5.74) is 2.36. The standard InChI is InChI=1S/C10H11N5O/c1-6-3-4-8(7(2)13-6)14-10(16)9-11-5-12-15-9/h3-5H,1-2H3,(H,14,16)(H,11,12,15). The molecule has 0 unspecified atom stereocenters. The molecule has 2 heterocycles. The monoisotopic (exact) mass is 217 g/mol. The van der Waals surface area contributed by atoms with E-state index < -0.39 is 0 Å². The number of nitrogens with one attached hydrogen (secondary N) is 2. The van der Waals surface area contributed by atoms with Crippen LogP contribution in [0.4, 0.5) is 5.69 Å². The molecule has 0 saturated heterocycles. The van der Waals surface area contributed by atoms with Crippen LogP contribution in [0.3, 0.4) is 0 Å². The number of carbonyl (C=O) groups excluding carboxylic acids is 1. The van der Waals surface area contributed by atoms with Gasteiger partial charge in [0.25, 0.3) is 5.91 Å². The van der Waals surface area contributed by atoms with Gasteiger partial charge in [0.15, 0.2) is 0 Å². The average Bonchev–Trinajstić information content (AvgIpc) is 2.75. The first kappa shape index (κ1) is 10.3. The van der Waals surface area contributed by atoms with Gasteiger partial charge in [0.1, 0.15) is 6.33 Å². The third-order valence-electron chi connectivity index (χ3n) is 2.10. The lowest BCUT2D eigenvalue weighted by Crippen LogP contribution is -2.15. The van der Waals surface area contributed by atoms with Crippen molar-refractivity contribution in [2.24, 2.45) is 0 Å². The second kappa shape index (κ2) is 4.09. The number of hydrogen-bond donors (Lipinski definition) is 2. The van der Waals surface area contributed by atoms with Crippen LogP contribution >= 0.6 is 0 Å². The van der Waals surface area contributed by atoms with E-state index in [0.717, 1.165) is 11.4 Å². The Morgan fingerprint density at radius 2 is 2.19 bits per heavy atom. The highest BCUT2D eigenvalue weighted by atomic mass is 16.2. The van der Waals surface area contributed by atoms with Gasteiger partial charge in [-0.05, 0) is 26.0 Å². The van der Waals surface area contributed by atoms with Gasteiger partial charge in [-0.1, -0.05) is 0 Å². The van der Waals surface area contributed by atoms with Crippen molar-refractivity contribution in [3.05, 3.63) is 35.7 Å². The first-order valence-corrected chi connectivity index (χ1v) is 4.78. The van der Waals surface area contributed by atoms with Gasteiger partial charge in [-0.15, -0.1) is 0 Å². The van der Waals surface area contributed by atoms with E-state index in [1.807, 2.05) is 26.0 Å². The third kappa shape index (κ3) is 2.05. The molecule has 2 aromatic rings. The van der Waals surface area contributed by atoms with Crippen molar-refractivity contribution in [3.63, 3.8) is 0 Å².